The molecular formula is C17H23N. The third-order valence-corrected chi connectivity index (χ3v) is 3.32. The molecule has 0 unspecified atom stereocenters. The van der Waals surface area contributed by atoms with Crippen molar-refractivity contribution < 1.29 is 0 Å². The monoisotopic (exact) mass is 241 g/mol. The summed E-state index contributed by atoms with van der Waals surface area (Å²) in [6.45, 7) is 9.75. The second kappa shape index (κ2) is 5.11. The zero-order valence-electron chi connectivity index (χ0n) is 11.9. The first-order chi connectivity index (χ1) is 8.47. The Kier molecular flexibility index (Phi) is 3.72. The van der Waals surface area contributed by atoms with Gasteiger partial charge in [0.2, 0.25) is 0 Å². The molecule has 0 radical (unpaired) electrons. The first-order valence-corrected chi connectivity index (χ1v) is 6.67. The topological polar surface area (TPSA) is 12.0 Å². The maximum absolute atomic E-state index is 3.57. The van der Waals surface area contributed by atoms with Gasteiger partial charge < -0.3 is 5.32 Å². The van der Waals surface area contributed by atoms with Crippen LogP contribution in [-0.4, -0.2) is 5.54 Å². The molecule has 0 spiro atoms. The first-order valence-electron chi connectivity index (χ1n) is 6.67. The molecule has 0 bridgehead atoms. The van der Waals surface area contributed by atoms with Crippen molar-refractivity contribution >= 4 is 5.57 Å². The van der Waals surface area contributed by atoms with E-state index in [1.165, 1.54) is 22.3 Å². The maximum Gasteiger partial charge on any atom is 0.0216 e. The molecule has 1 aliphatic rings. The second-order valence-corrected chi connectivity index (χ2v) is 6.03. The second-order valence-electron chi connectivity index (χ2n) is 6.03. The Morgan fingerprint density at radius 3 is 2.50 bits per heavy atom. The molecule has 1 aromatic rings. The molecule has 1 aromatic carbocycles. The van der Waals surface area contributed by atoms with Gasteiger partial charge in [-0.3, -0.25) is 0 Å². The van der Waals surface area contributed by atoms with E-state index in [0.29, 0.717) is 0 Å². The SMILES string of the molecule is CC1=C(c2ccccc2CNC(C)(C)C)CC=C1. The van der Waals surface area contributed by atoms with Crippen LogP contribution in [0.3, 0.4) is 0 Å². The Balaban J connectivity index is 2.24. The van der Waals surface area contributed by atoms with Crippen LogP contribution in [0, 0.1) is 0 Å². The smallest absolute Gasteiger partial charge is 0.0216 e. The fourth-order valence-corrected chi connectivity index (χ4v) is 2.27. The average molecular weight is 241 g/mol. The van der Waals surface area contributed by atoms with Crippen molar-refractivity contribution in [3.05, 3.63) is 53.1 Å². The van der Waals surface area contributed by atoms with Crippen LogP contribution >= 0.6 is 0 Å². The van der Waals surface area contributed by atoms with Gasteiger partial charge in [-0.05, 0) is 56.4 Å². The molecule has 0 aromatic heterocycles. The van der Waals surface area contributed by atoms with Crippen LogP contribution in [0.25, 0.3) is 5.57 Å². The summed E-state index contributed by atoms with van der Waals surface area (Å²) in [4.78, 5) is 0. The predicted octanol–water partition coefficient (Wildman–Crippen LogP) is 4.31. The highest BCUT2D eigenvalue weighted by Crippen LogP contribution is 2.30. The van der Waals surface area contributed by atoms with E-state index in [1.807, 2.05) is 0 Å². The van der Waals surface area contributed by atoms with Crippen LogP contribution in [0.2, 0.25) is 0 Å². The minimum atomic E-state index is 0.157. The summed E-state index contributed by atoms with van der Waals surface area (Å²) in [7, 11) is 0. The van der Waals surface area contributed by atoms with E-state index in [1.54, 1.807) is 0 Å². The lowest BCUT2D eigenvalue weighted by molar-refractivity contribution is 0.424. The van der Waals surface area contributed by atoms with E-state index in [0.717, 1.165) is 13.0 Å². The maximum atomic E-state index is 3.57. The lowest BCUT2D eigenvalue weighted by atomic mass is 9.96. The van der Waals surface area contributed by atoms with Gasteiger partial charge >= 0.3 is 0 Å². The Morgan fingerprint density at radius 2 is 1.89 bits per heavy atom. The lowest BCUT2D eigenvalue weighted by Gasteiger charge is -2.22. The van der Waals surface area contributed by atoms with Gasteiger partial charge in [-0.15, -0.1) is 0 Å². The zero-order chi connectivity index (χ0) is 13.2. The van der Waals surface area contributed by atoms with Crippen molar-refractivity contribution in [3.8, 4) is 0 Å². The molecule has 0 heterocycles. The number of hydrogen-bond donors (Lipinski definition) is 1. The third kappa shape index (κ3) is 3.11. The Hall–Kier alpha value is -1.34. The first kappa shape index (κ1) is 13.1. The lowest BCUT2D eigenvalue weighted by Crippen LogP contribution is -2.35. The van der Waals surface area contributed by atoms with Gasteiger partial charge in [0.25, 0.3) is 0 Å². The minimum absolute atomic E-state index is 0.157. The number of allylic oxidation sites excluding steroid dienone is 4. The standard InChI is InChI=1S/C17H23N/c1-13-8-7-11-15(13)16-10-6-5-9-14(16)12-18-17(2,3)4/h5-10,18H,11-12H2,1-4H3. The van der Waals surface area contributed by atoms with E-state index in [-0.39, 0.29) is 5.54 Å². The van der Waals surface area contributed by atoms with E-state index in [2.05, 4.69) is 69.4 Å². The quantitative estimate of drug-likeness (QED) is 0.831. The van der Waals surface area contributed by atoms with Gasteiger partial charge in [0.1, 0.15) is 0 Å². The molecule has 0 aliphatic heterocycles. The molecule has 2 rings (SSSR count). The van der Waals surface area contributed by atoms with Crippen molar-refractivity contribution in [3.63, 3.8) is 0 Å². The summed E-state index contributed by atoms with van der Waals surface area (Å²) in [5.74, 6) is 0. The van der Waals surface area contributed by atoms with Gasteiger partial charge in [-0.25, -0.2) is 0 Å². The Morgan fingerprint density at radius 1 is 1.17 bits per heavy atom. The van der Waals surface area contributed by atoms with Crippen molar-refractivity contribution in [2.75, 3.05) is 0 Å². The van der Waals surface area contributed by atoms with E-state index >= 15 is 0 Å². The minimum Gasteiger partial charge on any atom is -0.308 e. The molecule has 0 atom stereocenters. The summed E-state index contributed by atoms with van der Waals surface area (Å²) in [6.07, 6.45) is 5.54. The molecule has 1 nitrogen and oxygen atoms in total. The molecule has 0 amide bonds. The van der Waals surface area contributed by atoms with Gasteiger partial charge in [0, 0.05) is 12.1 Å². The average Bonchev–Trinajstić information content (AvgIpc) is 2.72. The summed E-state index contributed by atoms with van der Waals surface area (Å²) < 4.78 is 0. The van der Waals surface area contributed by atoms with Gasteiger partial charge in [-0.1, -0.05) is 36.4 Å². The van der Waals surface area contributed by atoms with Crippen LogP contribution in [0.15, 0.2) is 42.0 Å². The Labute approximate surface area is 111 Å². The van der Waals surface area contributed by atoms with Gasteiger partial charge in [0.15, 0.2) is 0 Å². The van der Waals surface area contributed by atoms with Gasteiger partial charge in [0.05, 0.1) is 0 Å². The van der Waals surface area contributed by atoms with Crippen LogP contribution in [0.5, 0.6) is 0 Å². The third-order valence-electron chi connectivity index (χ3n) is 3.32. The molecule has 18 heavy (non-hydrogen) atoms. The van der Waals surface area contributed by atoms with E-state index < -0.39 is 0 Å². The van der Waals surface area contributed by atoms with Crippen LogP contribution in [0.4, 0.5) is 0 Å². The molecule has 0 saturated heterocycles. The predicted molar refractivity (Wildman–Crippen MR) is 79.4 cm³/mol. The highest BCUT2D eigenvalue weighted by Gasteiger charge is 2.14. The molecular weight excluding hydrogens is 218 g/mol. The molecule has 1 N–H and O–H groups in total. The van der Waals surface area contributed by atoms with Crippen LogP contribution in [0.1, 0.15) is 45.2 Å². The fraction of sp³-hybridized carbons (Fsp3) is 0.412. The van der Waals surface area contributed by atoms with E-state index in [9.17, 15) is 0 Å². The molecule has 1 aliphatic carbocycles. The molecule has 0 fully saturated rings. The van der Waals surface area contributed by atoms with Crippen molar-refractivity contribution in [1.29, 1.82) is 0 Å². The largest absolute Gasteiger partial charge is 0.308 e. The van der Waals surface area contributed by atoms with Crippen LogP contribution < -0.4 is 5.32 Å². The number of rotatable bonds is 3. The summed E-state index contributed by atoms with van der Waals surface area (Å²) >= 11 is 0. The summed E-state index contributed by atoms with van der Waals surface area (Å²) in [5.41, 5.74) is 5.83. The van der Waals surface area contributed by atoms with Crippen molar-refractivity contribution in [2.24, 2.45) is 0 Å². The summed E-state index contributed by atoms with van der Waals surface area (Å²) in [5, 5.41) is 3.57. The molecule has 0 saturated carbocycles. The van der Waals surface area contributed by atoms with Crippen molar-refractivity contribution in [1.82, 2.24) is 5.32 Å². The van der Waals surface area contributed by atoms with Crippen LogP contribution in [-0.2, 0) is 6.54 Å². The zero-order valence-corrected chi connectivity index (χ0v) is 11.9. The molecule has 1 heteroatoms. The highest BCUT2D eigenvalue weighted by atomic mass is 14.9. The Bertz CT molecular complexity index is 487. The fourth-order valence-electron chi connectivity index (χ4n) is 2.27. The van der Waals surface area contributed by atoms with Gasteiger partial charge in [-0.2, -0.15) is 0 Å². The highest BCUT2D eigenvalue weighted by molar-refractivity contribution is 5.76. The van der Waals surface area contributed by atoms with E-state index in [4.69, 9.17) is 0 Å². The summed E-state index contributed by atoms with van der Waals surface area (Å²) in [6, 6.07) is 8.73. The number of benzene rings is 1. The molecule has 96 valence electrons. The number of nitrogens with one attached hydrogen (secondary N) is 1. The number of hydrogen-bond acceptors (Lipinski definition) is 1. The van der Waals surface area contributed by atoms with Crippen molar-refractivity contribution in [2.45, 2.75) is 46.2 Å². The normalized spacial score (nSPS) is 15.6.